The molecule has 1 spiro atoms. The Morgan fingerprint density at radius 2 is 2.00 bits per heavy atom. The fraction of sp³-hybridized carbons (Fsp3) is 0.581. The molecule has 4 aliphatic rings. The number of likely N-dealkylation sites (tertiary alicyclic amines) is 1. The highest BCUT2D eigenvalue weighted by Gasteiger charge is 2.46. The number of hydrogen-bond acceptors (Lipinski definition) is 5. The zero-order valence-electron chi connectivity index (χ0n) is 22.4. The van der Waals surface area contributed by atoms with Gasteiger partial charge in [0.2, 0.25) is 0 Å². The first-order valence-electron chi connectivity index (χ1n) is 14.2. The van der Waals surface area contributed by atoms with E-state index < -0.39 is 0 Å². The van der Waals surface area contributed by atoms with Gasteiger partial charge in [0, 0.05) is 48.7 Å². The Hall–Kier alpha value is -2.57. The molecule has 198 valence electrons. The van der Waals surface area contributed by atoms with Crippen LogP contribution in [0, 0.1) is 24.7 Å². The molecule has 2 unspecified atom stereocenters. The van der Waals surface area contributed by atoms with E-state index in [2.05, 4.69) is 47.2 Å². The van der Waals surface area contributed by atoms with E-state index in [1.807, 2.05) is 24.3 Å². The highest BCUT2D eigenvalue weighted by atomic mass is 16.5. The second-order valence-corrected chi connectivity index (χ2v) is 11.9. The van der Waals surface area contributed by atoms with Gasteiger partial charge in [-0.05, 0) is 111 Å². The van der Waals surface area contributed by atoms with Crippen LogP contribution in [0.5, 0.6) is 5.75 Å². The summed E-state index contributed by atoms with van der Waals surface area (Å²) in [4.78, 5) is 18.2. The first-order valence-corrected chi connectivity index (χ1v) is 14.2. The van der Waals surface area contributed by atoms with Crippen molar-refractivity contribution < 1.29 is 14.3 Å². The number of carbonyl (C=O) groups excluding carboxylic acids is 1. The van der Waals surface area contributed by atoms with E-state index in [1.54, 1.807) is 0 Å². The van der Waals surface area contributed by atoms with Gasteiger partial charge in [-0.25, -0.2) is 0 Å². The Kier molecular flexibility index (Phi) is 6.89. The summed E-state index contributed by atoms with van der Waals surface area (Å²) in [5.41, 5.74) is 4.18. The van der Waals surface area contributed by atoms with E-state index in [4.69, 9.17) is 9.47 Å². The highest BCUT2D eigenvalue weighted by Crippen LogP contribution is 2.41. The van der Waals surface area contributed by atoms with Gasteiger partial charge < -0.3 is 19.7 Å². The van der Waals surface area contributed by atoms with Crippen LogP contribution in [0.3, 0.4) is 0 Å². The van der Waals surface area contributed by atoms with E-state index >= 15 is 0 Å². The van der Waals surface area contributed by atoms with Crippen molar-refractivity contribution in [3.63, 3.8) is 0 Å². The molecule has 6 heteroatoms. The van der Waals surface area contributed by atoms with Gasteiger partial charge in [-0.1, -0.05) is 6.92 Å². The largest absolute Gasteiger partial charge is 0.493 e. The molecule has 2 aromatic rings. The van der Waals surface area contributed by atoms with Gasteiger partial charge in [-0.2, -0.15) is 0 Å². The van der Waals surface area contributed by atoms with Crippen LogP contribution in [0.1, 0.15) is 54.9 Å². The molecule has 6 nitrogen and oxygen atoms in total. The first kappa shape index (κ1) is 24.7. The van der Waals surface area contributed by atoms with Gasteiger partial charge in [-0.3, -0.25) is 9.69 Å². The summed E-state index contributed by atoms with van der Waals surface area (Å²) >= 11 is 0. The van der Waals surface area contributed by atoms with Crippen LogP contribution in [0.15, 0.2) is 42.5 Å². The maximum atomic E-state index is 12.9. The van der Waals surface area contributed by atoms with Crippen molar-refractivity contribution in [1.29, 1.82) is 0 Å². The maximum Gasteiger partial charge on any atom is 0.255 e. The van der Waals surface area contributed by atoms with Crippen LogP contribution < -0.4 is 15.0 Å². The zero-order chi connectivity index (χ0) is 25.4. The molecule has 0 radical (unpaired) electrons. The third-order valence-electron chi connectivity index (χ3n) is 9.26. The number of anilines is 2. The van der Waals surface area contributed by atoms with E-state index in [1.165, 1.54) is 50.9 Å². The summed E-state index contributed by atoms with van der Waals surface area (Å²) in [6.07, 6.45) is 6.30. The molecular weight excluding hydrogens is 462 g/mol. The van der Waals surface area contributed by atoms with Crippen molar-refractivity contribution in [3.05, 3.63) is 53.6 Å². The standard InChI is InChI=1S/C31H41N3O3/c1-22-16-26(22)20-37-28-7-4-25(5-8-28)30(35)32-29-9-6-27(17-23(29)2)33-14-12-31(21-33)11-3-13-34(31)18-24-10-15-36-19-24/h4-9,17,22,24,26H,3,10-16,18-21H2,1-2H3,(H,32,35)/t22-,24?,26-,31?/m0/s1. The minimum Gasteiger partial charge on any atom is -0.493 e. The van der Waals surface area contributed by atoms with Crippen molar-refractivity contribution in [2.24, 2.45) is 17.8 Å². The summed E-state index contributed by atoms with van der Waals surface area (Å²) in [6, 6.07) is 13.9. The number of aryl methyl sites for hydroxylation is 1. The second-order valence-electron chi connectivity index (χ2n) is 11.9. The van der Waals surface area contributed by atoms with Crippen molar-refractivity contribution in [2.75, 3.05) is 56.2 Å². The molecule has 4 atom stereocenters. The molecule has 0 aromatic heterocycles. The molecule has 2 aromatic carbocycles. The predicted molar refractivity (Wildman–Crippen MR) is 148 cm³/mol. The Morgan fingerprint density at radius 3 is 2.73 bits per heavy atom. The number of nitrogens with zero attached hydrogens (tertiary/aromatic N) is 2. The van der Waals surface area contributed by atoms with Crippen molar-refractivity contribution in [1.82, 2.24) is 4.90 Å². The average molecular weight is 504 g/mol. The summed E-state index contributed by atoms with van der Waals surface area (Å²) in [5.74, 6) is 2.90. The van der Waals surface area contributed by atoms with Crippen molar-refractivity contribution >= 4 is 17.3 Å². The molecular formula is C31H41N3O3. The van der Waals surface area contributed by atoms with E-state index in [-0.39, 0.29) is 5.91 Å². The average Bonchev–Trinajstić information content (AvgIpc) is 3.32. The molecule has 3 aliphatic heterocycles. The van der Waals surface area contributed by atoms with Gasteiger partial charge in [0.05, 0.1) is 13.2 Å². The SMILES string of the molecule is Cc1cc(N2CCC3(CCCN3CC3CCOC3)C2)ccc1NC(=O)c1ccc(OC[C@@H]2C[C@@H]2C)cc1. The van der Waals surface area contributed by atoms with Gasteiger partial charge in [-0.15, -0.1) is 0 Å². The topological polar surface area (TPSA) is 54.0 Å². The molecule has 3 saturated heterocycles. The van der Waals surface area contributed by atoms with Crippen LogP contribution in [0.25, 0.3) is 0 Å². The molecule has 37 heavy (non-hydrogen) atoms. The smallest absolute Gasteiger partial charge is 0.255 e. The fourth-order valence-electron chi connectivity index (χ4n) is 6.57. The monoisotopic (exact) mass is 503 g/mol. The Balaban J connectivity index is 1.06. The minimum atomic E-state index is -0.0872. The first-order chi connectivity index (χ1) is 18.0. The van der Waals surface area contributed by atoms with Crippen molar-refractivity contribution in [2.45, 2.75) is 51.5 Å². The Labute approximate surface area is 221 Å². The molecule has 0 bridgehead atoms. The van der Waals surface area contributed by atoms with Crippen molar-refractivity contribution in [3.8, 4) is 5.75 Å². The summed E-state index contributed by atoms with van der Waals surface area (Å²) in [6.45, 7) is 11.6. The fourth-order valence-corrected chi connectivity index (χ4v) is 6.57. The molecule has 3 heterocycles. The number of hydrogen-bond donors (Lipinski definition) is 1. The summed E-state index contributed by atoms with van der Waals surface area (Å²) in [5, 5.41) is 3.11. The highest BCUT2D eigenvalue weighted by molar-refractivity contribution is 6.04. The molecule has 6 rings (SSSR count). The zero-order valence-corrected chi connectivity index (χ0v) is 22.4. The number of carbonyl (C=O) groups is 1. The lowest BCUT2D eigenvalue weighted by molar-refractivity contribution is 0.102. The normalized spacial score (nSPS) is 29.2. The van der Waals surface area contributed by atoms with E-state index in [9.17, 15) is 4.79 Å². The number of benzene rings is 2. The molecule has 1 amide bonds. The minimum absolute atomic E-state index is 0.0872. The maximum absolute atomic E-state index is 12.9. The summed E-state index contributed by atoms with van der Waals surface area (Å²) < 4.78 is 11.5. The van der Waals surface area contributed by atoms with E-state index in [0.717, 1.165) is 55.8 Å². The van der Waals surface area contributed by atoms with Crippen LogP contribution in [-0.4, -0.2) is 62.3 Å². The van der Waals surface area contributed by atoms with Crippen LogP contribution in [-0.2, 0) is 4.74 Å². The second kappa shape index (κ2) is 10.3. The van der Waals surface area contributed by atoms with Crippen LogP contribution in [0.4, 0.5) is 11.4 Å². The molecule has 4 fully saturated rings. The number of nitrogens with one attached hydrogen (secondary N) is 1. The van der Waals surface area contributed by atoms with Crippen LogP contribution in [0.2, 0.25) is 0 Å². The van der Waals surface area contributed by atoms with E-state index in [0.29, 0.717) is 22.9 Å². The number of rotatable bonds is 8. The van der Waals surface area contributed by atoms with Gasteiger partial charge >= 0.3 is 0 Å². The van der Waals surface area contributed by atoms with Gasteiger partial charge in [0.15, 0.2) is 0 Å². The Bertz CT molecular complexity index is 1110. The Morgan fingerprint density at radius 1 is 1.16 bits per heavy atom. The molecule has 1 N–H and O–H groups in total. The lowest BCUT2D eigenvalue weighted by atomic mass is 9.94. The molecule has 1 saturated carbocycles. The predicted octanol–water partition coefficient (Wildman–Crippen LogP) is 5.36. The van der Waals surface area contributed by atoms with Gasteiger partial charge in [0.1, 0.15) is 5.75 Å². The molecule has 1 aliphatic carbocycles. The lowest BCUT2D eigenvalue weighted by Gasteiger charge is -2.36. The number of amides is 1. The third kappa shape index (κ3) is 5.37. The van der Waals surface area contributed by atoms with Crippen LogP contribution >= 0.6 is 0 Å². The quantitative estimate of drug-likeness (QED) is 0.525. The lowest BCUT2D eigenvalue weighted by Crippen LogP contribution is -2.48. The third-order valence-corrected chi connectivity index (χ3v) is 9.26. The van der Waals surface area contributed by atoms with Gasteiger partial charge in [0.25, 0.3) is 5.91 Å². The number of ether oxygens (including phenoxy) is 2. The summed E-state index contributed by atoms with van der Waals surface area (Å²) in [7, 11) is 0.